The van der Waals surface area contributed by atoms with Crippen LogP contribution in [0.25, 0.3) is 21.9 Å². The molecule has 3 aromatic rings. The van der Waals surface area contributed by atoms with Crippen molar-refractivity contribution in [2.24, 2.45) is 5.92 Å². The molecule has 0 fully saturated rings. The van der Waals surface area contributed by atoms with Gasteiger partial charge in [0.1, 0.15) is 16.9 Å². The summed E-state index contributed by atoms with van der Waals surface area (Å²) in [4.78, 5) is 25.2. The van der Waals surface area contributed by atoms with Crippen molar-refractivity contribution in [3.05, 3.63) is 52.2 Å². The Morgan fingerprint density at radius 3 is 2.58 bits per heavy atom. The van der Waals surface area contributed by atoms with Crippen LogP contribution in [0.5, 0.6) is 5.75 Å². The summed E-state index contributed by atoms with van der Waals surface area (Å²) in [6.45, 7) is 3.68. The first kappa shape index (κ1) is 17.9. The van der Waals surface area contributed by atoms with Crippen LogP contribution in [0.3, 0.4) is 0 Å². The zero-order valence-corrected chi connectivity index (χ0v) is 14.9. The lowest BCUT2D eigenvalue weighted by Crippen LogP contribution is -2.41. The molecular weight excluding hydrogens is 334 g/mol. The molecule has 0 aliphatic carbocycles. The molecular formula is C20H21NO5. The van der Waals surface area contributed by atoms with Gasteiger partial charge in [-0.1, -0.05) is 13.8 Å². The molecule has 6 nitrogen and oxygen atoms in total. The third-order valence-corrected chi connectivity index (χ3v) is 4.46. The predicted molar refractivity (Wildman–Crippen MR) is 99.7 cm³/mol. The van der Waals surface area contributed by atoms with Gasteiger partial charge in [0.25, 0.3) is 5.91 Å². The van der Waals surface area contributed by atoms with Crippen LogP contribution in [0.15, 0.2) is 45.6 Å². The maximum atomic E-state index is 12.8. The number of rotatable bonds is 5. The molecule has 6 heteroatoms. The van der Waals surface area contributed by atoms with Crippen molar-refractivity contribution in [1.29, 1.82) is 0 Å². The van der Waals surface area contributed by atoms with E-state index in [2.05, 4.69) is 5.32 Å². The highest BCUT2D eigenvalue weighted by atomic mass is 16.5. The SMILES string of the molecule is COc1ccc2c(=O)c3cc(C(=O)N[C@H](CO)C(C)C)ccc3oc2c1. The average molecular weight is 355 g/mol. The topological polar surface area (TPSA) is 88.8 Å². The van der Waals surface area contributed by atoms with Crippen LogP contribution in [-0.2, 0) is 0 Å². The summed E-state index contributed by atoms with van der Waals surface area (Å²) in [5.41, 5.74) is 0.965. The first-order valence-electron chi connectivity index (χ1n) is 8.41. The van der Waals surface area contributed by atoms with Crippen LogP contribution in [0.4, 0.5) is 0 Å². The number of methoxy groups -OCH3 is 1. The summed E-state index contributed by atoms with van der Waals surface area (Å²) in [5.74, 6) is 0.349. The Morgan fingerprint density at radius 2 is 1.92 bits per heavy atom. The van der Waals surface area contributed by atoms with E-state index in [1.165, 1.54) is 6.07 Å². The number of aliphatic hydroxyl groups is 1. The van der Waals surface area contributed by atoms with Gasteiger partial charge in [0.15, 0.2) is 0 Å². The summed E-state index contributed by atoms with van der Waals surface area (Å²) < 4.78 is 10.9. The van der Waals surface area contributed by atoms with Gasteiger partial charge in [0.2, 0.25) is 5.43 Å². The van der Waals surface area contributed by atoms with E-state index >= 15 is 0 Å². The normalized spacial score (nSPS) is 12.5. The fraction of sp³-hybridized carbons (Fsp3) is 0.300. The van der Waals surface area contributed by atoms with E-state index in [4.69, 9.17) is 9.15 Å². The summed E-state index contributed by atoms with van der Waals surface area (Å²) >= 11 is 0. The molecule has 0 bridgehead atoms. The van der Waals surface area contributed by atoms with Gasteiger partial charge in [-0.2, -0.15) is 0 Å². The van der Waals surface area contributed by atoms with Crippen molar-refractivity contribution in [3.63, 3.8) is 0 Å². The monoisotopic (exact) mass is 355 g/mol. The van der Waals surface area contributed by atoms with Crippen LogP contribution < -0.4 is 15.5 Å². The minimum atomic E-state index is -0.348. The van der Waals surface area contributed by atoms with Gasteiger partial charge < -0.3 is 19.6 Å². The van der Waals surface area contributed by atoms with Crippen LogP contribution in [0.1, 0.15) is 24.2 Å². The average Bonchev–Trinajstić information content (AvgIpc) is 2.65. The molecule has 26 heavy (non-hydrogen) atoms. The smallest absolute Gasteiger partial charge is 0.251 e. The Balaban J connectivity index is 2.05. The summed E-state index contributed by atoms with van der Waals surface area (Å²) in [5, 5.41) is 12.9. The Bertz CT molecular complexity index is 1020. The minimum absolute atomic E-state index is 0.0911. The quantitative estimate of drug-likeness (QED) is 0.687. The van der Waals surface area contributed by atoms with Gasteiger partial charge in [0, 0.05) is 11.6 Å². The molecule has 0 aliphatic heterocycles. The van der Waals surface area contributed by atoms with Crippen molar-refractivity contribution in [3.8, 4) is 5.75 Å². The highest BCUT2D eigenvalue weighted by Crippen LogP contribution is 2.23. The van der Waals surface area contributed by atoms with E-state index in [-0.39, 0.29) is 29.9 Å². The molecule has 0 saturated heterocycles. The largest absolute Gasteiger partial charge is 0.497 e. The zero-order chi connectivity index (χ0) is 18.8. The second kappa shape index (κ2) is 7.17. The number of carbonyl (C=O) groups is 1. The van der Waals surface area contributed by atoms with Gasteiger partial charge in [-0.05, 0) is 36.2 Å². The number of aliphatic hydroxyl groups excluding tert-OH is 1. The lowest BCUT2D eigenvalue weighted by atomic mass is 10.0. The van der Waals surface area contributed by atoms with Crippen molar-refractivity contribution >= 4 is 27.8 Å². The first-order valence-corrected chi connectivity index (χ1v) is 8.41. The highest BCUT2D eigenvalue weighted by Gasteiger charge is 2.17. The number of fused-ring (bicyclic) bond motifs is 2. The number of carbonyl (C=O) groups excluding carboxylic acids is 1. The summed E-state index contributed by atoms with van der Waals surface area (Å²) in [6, 6.07) is 9.37. The van der Waals surface area contributed by atoms with E-state index < -0.39 is 0 Å². The van der Waals surface area contributed by atoms with Crippen molar-refractivity contribution in [2.75, 3.05) is 13.7 Å². The molecule has 0 radical (unpaired) electrons. The van der Waals surface area contributed by atoms with E-state index in [0.29, 0.717) is 33.3 Å². The van der Waals surface area contributed by atoms with Crippen LogP contribution in [0, 0.1) is 5.92 Å². The van der Waals surface area contributed by atoms with Gasteiger partial charge in [-0.3, -0.25) is 9.59 Å². The van der Waals surface area contributed by atoms with Crippen LogP contribution in [0.2, 0.25) is 0 Å². The fourth-order valence-corrected chi connectivity index (χ4v) is 2.78. The molecule has 0 unspecified atom stereocenters. The Morgan fingerprint density at radius 1 is 1.15 bits per heavy atom. The molecule has 0 spiro atoms. The van der Waals surface area contributed by atoms with E-state index in [1.54, 1.807) is 37.4 Å². The van der Waals surface area contributed by atoms with Crippen molar-refractivity contribution in [1.82, 2.24) is 5.32 Å². The van der Waals surface area contributed by atoms with Gasteiger partial charge in [-0.15, -0.1) is 0 Å². The van der Waals surface area contributed by atoms with E-state index in [9.17, 15) is 14.7 Å². The van der Waals surface area contributed by atoms with E-state index in [1.807, 2.05) is 13.8 Å². The summed E-state index contributed by atoms with van der Waals surface area (Å²) in [6.07, 6.45) is 0. The lowest BCUT2D eigenvalue weighted by Gasteiger charge is -2.19. The Labute approximate surface area is 150 Å². The van der Waals surface area contributed by atoms with Crippen molar-refractivity contribution in [2.45, 2.75) is 19.9 Å². The van der Waals surface area contributed by atoms with Crippen LogP contribution >= 0.6 is 0 Å². The fourth-order valence-electron chi connectivity index (χ4n) is 2.78. The third kappa shape index (κ3) is 3.28. The second-order valence-corrected chi connectivity index (χ2v) is 6.51. The number of hydrogen-bond donors (Lipinski definition) is 2. The van der Waals surface area contributed by atoms with Gasteiger partial charge in [0.05, 0.1) is 30.5 Å². The molecule has 1 heterocycles. The third-order valence-electron chi connectivity index (χ3n) is 4.46. The molecule has 2 N–H and O–H groups in total. The number of benzene rings is 2. The lowest BCUT2D eigenvalue weighted by molar-refractivity contribution is 0.0897. The standard InChI is InChI=1S/C20H21NO5/c1-11(2)16(10-22)21-20(24)12-4-7-17-15(8-12)19(23)14-6-5-13(25-3)9-18(14)26-17/h4-9,11,16,22H,10H2,1-3H3,(H,21,24)/t16-/m1/s1. The van der Waals surface area contributed by atoms with E-state index in [0.717, 1.165) is 0 Å². The highest BCUT2D eigenvalue weighted by molar-refractivity contribution is 5.99. The molecule has 3 rings (SSSR count). The maximum Gasteiger partial charge on any atom is 0.251 e. The maximum absolute atomic E-state index is 12.8. The molecule has 1 aromatic heterocycles. The zero-order valence-electron chi connectivity index (χ0n) is 14.9. The number of ether oxygens (including phenoxy) is 1. The molecule has 2 aromatic carbocycles. The molecule has 1 amide bonds. The number of nitrogens with one attached hydrogen (secondary N) is 1. The molecule has 0 saturated carbocycles. The molecule has 0 aliphatic rings. The predicted octanol–water partition coefficient (Wildman–Crippen LogP) is 2.70. The van der Waals surface area contributed by atoms with Gasteiger partial charge >= 0.3 is 0 Å². The first-order chi connectivity index (χ1) is 12.4. The molecule has 1 atom stereocenters. The Hall–Kier alpha value is -2.86. The molecule has 136 valence electrons. The Kier molecular flexibility index (Phi) is 4.95. The number of amides is 1. The second-order valence-electron chi connectivity index (χ2n) is 6.51. The number of hydrogen-bond acceptors (Lipinski definition) is 5. The van der Waals surface area contributed by atoms with Crippen LogP contribution in [-0.4, -0.2) is 30.8 Å². The van der Waals surface area contributed by atoms with Gasteiger partial charge in [-0.25, -0.2) is 0 Å². The summed E-state index contributed by atoms with van der Waals surface area (Å²) in [7, 11) is 1.54. The van der Waals surface area contributed by atoms with Crippen molar-refractivity contribution < 1.29 is 19.1 Å². The minimum Gasteiger partial charge on any atom is -0.497 e.